The van der Waals surface area contributed by atoms with E-state index in [1.807, 2.05) is 6.92 Å². The summed E-state index contributed by atoms with van der Waals surface area (Å²) in [7, 11) is 0. The summed E-state index contributed by atoms with van der Waals surface area (Å²) in [6.07, 6.45) is 0.667. The van der Waals surface area contributed by atoms with Crippen molar-refractivity contribution in [3.8, 4) is 0 Å². The monoisotopic (exact) mass is 447 g/mol. The summed E-state index contributed by atoms with van der Waals surface area (Å²) in [5.74, 6) is -1.42. The summed E-state index contributed by atoms with van der Waals surface area (Å²) in [4.78, 5) is 37.4. The van der Waals surface area contributed by atoms with Crippen LogP contribution in [0, 0.1) is 6.92 Å². The summed E-state index contributed by atoms with van der Waals surface area (Å²) in [6.45, 7) is 3.46. The second-order valence-electron chi connectivity index (χ2n) is 6.60. The lowest BCUT2D eigenvalue weighted by atomic mass is 10.1. The van der Waals surface area contributed by atoms with Crippen molar-refractivity contribution in [2.24, 2.45) is 0 Å². The first-order valence-electron chi connectivity index (χ1n) is 9.25. The molecule has 0 bridgehead atoms. The normalized spacial score (nSPS) is 10.8. The van der Waals surface area contributed by atoms with Gasteiger partial charge in [0, 0.05) is 11.9 Å². The molecule has 9 heteroatoms. The largest absolute Gasteiger partial charge is 0.451 e. The Morgan fingerprint density at radius 2 is 1.83 bits per heavy atom. The first-order valence-corrected chi connectivity index (χ1v) is 10.0. The first-order chi connectivity index (χ1) is 14.3. The molecule has 3 aromatic rings. The van der Waals surface area contributed by atoms with Crippen molar-refractivity contribution in [2.45, 2.75) is 26.8 Å². The number of anilines is 1. The van der Waals surface area contributed by atoms with Gasteiger partial charge < -0.3 is 10.1 Å². The number of ether oxygens (including phenoxy) is 1. The van der Waals surface area contributed by atoms with Gasteiger partial charge in [-0.25, -0.2) is 9.48 Å². The van der Waals surface area contributed by atoms with E-state index in [1.54, 1.807) is 43.3 Å². The Morgan fingerprint density at radius 1 is 1.13 bits per heavy atom. The van der Waals surface area contributed by atoms with Crippen LogP contribution in [0.2, 0.25) is 10.0 Å². The molecule has 2 aromatic carbocycles. The van der Waals surface area contributed by atoms with Crippen LogP contribution in [0.15, 0.2) is 41.2 Å². The molecule has 0 aliphatic carbocycles. The third-order valence-electron chi connectivity index (χ3n) is 4.38. The number of hydrogen-bond acceptors (Lipinski definition) is 5. The van der Waals surface area contributed by atoms with Gasteiger partial charge in [0.2, 0.25) is 0 Å². The zero-order valence-electron chi connectivity index (χ0n) is 16.4. The molecule has 0 aliphatic rings. The van der Waals surface area contributed by atoms with Gasteiger partial charge in [-0.15, -0.1) is 0 Å². The molecule has 1 amide bonds. The van der Waals surface area contributed by atoms with E-state index in [2.05, 4.69) is 10.4 Å². The third-order valence-corrected chi connectivity index (χ3v) is 5.18. The zero-order valence-corrected chi connectivity index (χ0v) is 17.9. The van der Waals surface area contributed by atoms with Crippen LogP contribution in [-0.2, 0) is 16.1 Å². The van der Waals surface area contributed by atoms with E-state index in [-0.39, 0.29) is 22.0 Å². The van der Waals surface area contributed by atoms with Crippen LogP contribution in [0.25, 0.3) is 10.8 Å². The minimum atomic E-state index is -0.812. The van der Waals surface area contributed by atoms with Crippen LogP contribution in [-0.4, -0.2) is 28.3 Å². The van der Waals surface area contributed by atoms with E-state index in [4.69, 9.17) is 27.9 Å². The Kier molecular flexibility index (Phi) is 6.74. The predicted molar refractivity (Wildman–Crippen MR) is 116 cm³/mol. The number of benzene rings is 2. The molecule has 0 atom stereocenters. The molecule has 0 aliphatic heterocycles. The van der Waals surface area contributed by atoms with Gasteiger partial charge in [-0.05, 0) is 31.0 Å². The number of amides is 1. The minimum Gasteiger partial charge on any atom is -0.451 e. The van der Waals surface area contributed by atoms with E-state index >= 15 is 0 Å². The van der Waals surface area contributed by atoms with Crippen molar-refractivity contribution in [3.05, 3.63) is 68.1 Å². The summed E-state index contributed by atoms with van der Waals surface area (Å²) >= 11 is 12.3. The second kappa shape index (κ2) is 9.28. The number of nitrogens with zero attached hydrogens (tertiary/aromatic N) is 2. The number of halogens is 2. The Balaban J connectivity index is 1.81. The lowest BCUT2D eigenvalue weighted by Crippen LogP contribution is -2.27. The van der Waals surface area contributed by atoms with Gasteiger partial charge in [0.05, 0.1) is 21.1 Å². The number of hydrogen-bond donors (Lipinski definition) is 1. The SMILES string of the molecule is CCCn1nc(C(=O)OCC(=O)Nc2c(Cl)ccc(C)c2Cl)c2ccccc2c1=O. The Hall–Kier alpha value is -2.90. The molecule has 0 saturated heterocycles. The number of rotatable bonds is 6. The second-order valence-corrected chi connectivity index (χ2v) is 7.39. The highest BCUT2D eigenvalue weighted by Crippen LogP contribution is 2.32. The average molecular weight is 448 g/mol. The number of aromatic nitrogens is 2. The maximum absolute atomic E-state index is 12.6. The topological polar surface area (TPSA) is 90.3 Å². The van der Waals surface area contributed by atoms with Gasteiger partial charge in [0.15, 0.2) is 12.3 Å². The van der Waals surface area contributed by atoms with E-state index < -0.39 is 18.5 Å². The van der Waals surface area contributed by atoms with Crippen LogP contribution in [0.5, 0.6) is 0 Å². The van der Waals surface area contributed by atoms with Crippen LogP contribution >= 0.6 is 23.2 Å². The fourth-order valence-corrected chi connectivity index (χ4v) is 3.36. The van der Waals surface area contributed by atoms with E-state index in [1.165, 1.54) is 4.68 Å². The molecule has 3 rings (SSSR count). The van der Waals surface area contributed by atoms with Gasteiger partial charge in [-0.2, -0.15) is 5.10 Å². The molecule has 0 spiro atoms. The van der Waals surface area contributed by atoms with Gasteiger partial charge in [0.25, 0.3) is 11.5 Å². The smallest absolute Gasteiger partial charge is 0.359 e. The van der Waals surface area contributed by atoms with Crippen molar-refractivity contribution in [2.75, 3.05) is 11.9 Å². The highest BCUT2D eigenvalue weighted by Gasteiger charge is 2.19. The van der Waals surface area contributed by atoms with Gasteiger partial charge in [-0.1, -0.05) is 54.4 Å². The highest BCUT2D eigenvalue weighted by atomic mass is 35.5. The average Bonchev–Trinajstić information content (AvgIpc) is 2.74. The summed E-state index contributed by atoms with van der Waals surface area (Å²) in [6, 6.07) is 9.97. The summed E-state index contributed by atoms with van der Waals surface area (Å²) in [5, 5.41) is 7.99. The van der Waals surface area contributed by atoms with Crippen LogP contribution in [0.4, 0.5) is 5.69 Å². The predicted octanol–water partition coefficient (Wildman–Crippen LogP) is 4.22. The lowest BCUT2D eigenvalue weighted by Gasteiger charge is -2.12. The van der Waals surface area contributed by atoms with Gasteiger partial charge in [0.1, 0.15) is 0 Å². The highest BCUT2D eigenvalue weighted by molar-refractivity contribution is 6.40. The lowest BCUT2D eigenvalue weighted by molar-refractivity contribution is -0.119. The molecule has 0 fully saturated rings. The Labute approximate surface area is 182 Å². The minimum absolute atomic E-state index is 0.0296. The number of carbonyl (C=O) groups excluding carboxylic acids is 2. The molecule has 1 heterocycles. The number of fused-ring (bicyclic) bond motifs is 1. The summed E-state index contributed by atoms with van der Waals surface area (Å²) in [5.41, 5.74) is 0.671. The standard InChI is InChI=1S/C21H19Cl2N3O4/c1-3-10-26-20(28)14-7-5-4-6-13(14)18(25-26)21(29)30-11-16(27)24-19-15(22)9-8-12(2)17(19)23/h4-9H,3,10-11H2,1-2H3,(H,24,27). The first kappa shape index (κ1) is 21.8. The van der Waals surface area contributed by atoms with E-state index in [9.17, 15) is 14.4 Å². The molecular formula is C21H19Cl2N3O4. The van der Waals surface area contributed by atoms with Crippen molar-refractivity contribution in [1.82, 2.24) is 9.78 Å². The molecule has 7 nitrogen and oxygen atoms in total. The fourth-order valence-electron chi connectivity index (χ4n) is 2.90. The van der Waals surface area contributed by atoms with Crippen LogP contribution in [0.1, 0.15) is 29.4 Å². The molecule has 156 valence electrons. The molecule has 0 radical (unpaired) electrons. The number of aryl methyl sites for hydroxylation is 2. The molecular weight excluding hydrogens is 429 g/mol. The Morgan fingerprint density at radius 3 is 2.53 bits per heavy atom. The van der Waals surface area contributed by atoms with E-state index in [0.717, 1.165) is 5.56 Å². The summed E-state index contributed by atoms with van der Waals surface area (Å²) < 4.78 is 6.37. The fraction of sp³-hybridized carbons (Fsp3) is 0.238. The van der Waals surface area contributed by atoms with Gasteiger partial charge >= 0.3 is 5.97 Å². The van der Waals surface area contributed by atoms with E-state index in [0.29, 0.717) is 28.8 Å². The quantitative estimate of drug-likeness (QED) is 0.571. The number of esters is 1. The molecule has 30 heavy (non-hydrogen) atoms. The van der Waals surface area contributed by atoms with Crippen molar-refractivity contribution < 1.29 is 14.3 Å². The maximum Gasteiger partial charge on any atom is 0.359 e. The zero-order chi connectivity index (χ0) is 21.8. The maximum atomic E-state index is 12.6. The third kappa shape index (κ3) is 4.47. The molecule has 0 unspecified atom stereocenters. The van der Waals surface area contributed by atoms with Crippen molar-refractivity contribution >= 4 is 51.5 Å². The Bertz CT molecular complexity index is 1190. The van der Waals surface area contributed by atoms with Crippen LogP contribution < -0.4 is 10.9 Å². The van der Waals surface area contributed by atoms with Crippen LogP contribution in [0.3, 0.4) is 0 Å². The van der Waals surface area contributed by atoms with Crippen molar-refractivity contribution in [1.29, 1.82) is 0 Å². The number of nitrogens with one attached hydrogen (secondary N) is 1. The van der Waals surface area contributed by atoms with Gasteiger partial charge in [-0.3, -0.25) is 9.59 Å². The number of carbonyl (C=O) groups is 2. The molecule has 1 aromatic heterocycles. The molecule has 1 N–H and O–H groups in total. The van der Waals surface area contributed by atoms with Crippen molar-refractivity contribution in [3.63, 3.8) is 0 Å². The molecule has 0 saturated carbocycles.